The van der Waals surface area contributed by atoms with Crippen LogP contribution >= 0.6 is 11.8 Å². The van der Waals surface area contributed by atoms with Gasteiger partial charge in [-0.2, -0.15) is 0 Å². The SMILES string of the molecule is B=c1nc(SCC(N)=O)n(CCC(C)(C)CN)c(=O)c1=C. The Hall–Kier alpha value is -1.41. The fourth-order valence-corrected chi connectivity index (χ4v) is 2.35. The Labute approximate surface area is 128 Å². The third-order valence-electron chi connectivity index (χ3n) is 3.22. The Bertz CT molecular complexity index is 687. The number of nitrogens with two attached hydrogens (primary N) is 2. The van der Waals surface area contributed by atoms with E-state index >= 15 is 0 Å². The van der Waals surface area contributed by atoms with Gasteiger partial charge in [-0.15, -0.1) is 0 Å². The molecule has 0 radical (unpaired) electrons. The summed E-state index contributed by atoms with van der Waals surface area (Å²) >= 11 is 1.13. The van der Waals surface area contributed by atoms with Gasteiger partial charge in [0.05, 0.1) is 0 Å². The van der Waals surface area contributed by atoms with E-state index in [0.29, 0.717) is 29.9 Å². The minimum absolute atomic E-state index is 0.0582. The van der Waals surface area contributed by atoms with Crippen molar-refractivity contribution in [1.82, 2.24) is 9.55 Å². The van der Waals surface area contributed by atoms with Crippen LogP contribution in [0.5, 0.6) is 0 Å². The van der Waals surface area contributed by atoms with Gasteiger partial charge in [0.1, 0.15) is 0 Å². The number of rotatable bonds is 7. The van der Waals surface area contributed by atoms with Gasteiger partial charge in [-0.1, -0.05) is 0 Å². The van der Waals surface area contributed by atoms with Gasteiger partial charge in [0, 0.05) is 0 Å². The molecule has 0 atom stereocenters. The van der Waals surface area contributed by atoms with Gasteiger partial charge in [-0.05, 0) is 0 Å². The second-order valence-corrected chi connectivity index (χ2v) is 6.59. The van der Waals surface area contributed by atoms with Crippen molar-refractivity contribution in [1.29, 1.82) is 0 Å². The van der Waals surface area contributed by atoms with Crippen molar-refractivity contribution in [3.63, 3.8) is 0 Å². The number of hydrogen-bond acceptors (Lipinski definition) is 5. The fourth-order valence-electron chi connectivity index (χ4n) is 1.58. The van der Waals surface area contributed by atoms with Gasteiger partial charge in [0.25, 0.3) is 0 Å². The van der Waals surface area contributed by atoms with E-state index in [1.54, 1.807) is 0 Å². The summed E-state index contributed by atoms with van der Waals surface area (Å²) in [5.74, 6) is -0.407. The molecule has 0 fully saturated rings. The van der Waals surface area contributed by atoms with Crippen LogP contribution in [0, 0.1) is 10.7 Å². The first-order chi connectivity index (χ1) is 9.68. The number of nitrogens with zero attached hydrogens (tertiary/aromatic N) is 2. The Balaban J connectivity index is 3.18. The van der Waals surface area contributed by atoms with Crippen molar-refractivity contribution >= 4 is 31.7 Å². The van der Waals surface area contributed by atoms with E-state index in [2.05, 4.69) is 19.1 Å². The van der Waals surface area contributed by atoms with Gasteiger partial charge in [-0.3, -0.25) is 0 Å². The molecule has 0 bridgehead atoms. The van der Waals surface area contributed by atoms with E-state index in [1.807, 2.05) is 13.8 Å². The van der Waals surface area contributed by atoms with Crippen LogP contribution in [-0.4, -0.2) is 35.2 Å². The van der Waals surface area contributed by atoms with Crippen molar-refractivity contribution in [2.45, 2.75) is 32.0 Å². The number of aromatic nitrogens is 2. The average Bonchev–Trinajstić information content (AvgIpc) is 2.41. The molecule has 8 heteroatoms. The summed E-state index contributed by atoms with van der Waals surface area (Å²) in [6.07, 6.45) is 0.713. The van der Waals surface area contributed by atoms with Gasteiger partial charge in [0.2, 0.25) is 0 Å². The molecule has 0 aliphatic rings. The molecule has 0 aromatic carbocycles. The van der Waals surface area contributed by atoms with Crippen LogP contribution < -0.4 is 22.2 Å². The second-order valence-electron chi connectivity index (χ2n) is 5.65. The summed E-state index contributed by atoms with van der Waals surface area (Å²) in [4.78, 5) is 27.5. The van der Waals surface area contributed by atoms with Crippen LogP contribution in [0.3, 0.4) is 0 Å². The molecular weight excluding hydrogens is 287 g/mol. The Morgan fingerprint density at radius 3 is 2.67 bits per heavy atom. The van der Waals surface area contributed by atoms with Crippen LogP contribution in [-0.2, 0) is 11.3 Å². The molecule has 4 N–H and O–H groups in total. The average molecular weight is 308 g/mol. The number of carbonyl (C=O) groups is 1. The summed E-state index contributed by atoms with van der Waals surface area (Å²) in [6, 6.07) is 0. The van der Waals surface area contributed by atoms with Gasteiger partial charge in [0.15, 0.2) is 0 Å². The first kappa shape index (κ1) is 17.6. The summed E-state index contributed by atoms with van der Waals surface area (Å²) in [5, 5.41) is 1.02. The molecule has 0 saturated carbocycles. The zero-order valence-corrected chi connectivity index (χ0v) is 13.3. The molecule has 0 unspecified atom stereocenters. The van der Waals surface area contributed by atoms with Gasteiger partial charge >= 0.3 is 128 Å². The molecule has 114 valence electrons. The number of amides is 1. The summed E-state index contributed by atoms with van der Waals surface area (Å²) in [7, 11) is 3.70. The molecule has 1 heterocycles. The first-order valence-electron chi connectivity index (χ1n) is 6.58. The van der Waals surface area contributed by atoms with E-state index in [0.717, 1.165) is 11.8 Å². The molecular formula is C13H21BN4O2S. The second kappa shape index (κ2) is 7.04. The monoisotopic (exact) mass is 308 g/mol. The van der Waals surface area contributed by atoms with E-state index < -0.39 is 5.91 Å². The van der Waals surface area contributed by atoms with E-state index in [1.165, 1.54) is 4.57 Å². The molecule has 0 saturated heterocycles. The zero-order valence-electron chi connectivity index (χ0n) is 12.5. The van der Waals surface area contributed by atoms with Gasteiger partial charge < -0.3 is 0 Å². The number of carbonyl (C=O) groups excluding carboxylic acids is 1. The summed E-state index contributed by atoms with van der Waals surface area (Å²) in [5.41, 5.74) is 10.5. The van der Waals surface area contributed by atoms with E-state index in [4.69, 9.17) is 11.5 Å². The van der Waals surface area contributed by atoms with E-state index in [-0.39, 0.29) is 21.9 Å². The van der Waals surface area contributed by atoms with Crippen LogP contribution in [0.1, 0.15) is 20.3 Å². The summed E-state index contributed by atoms with van der Waals surface area (Å²) in [6.45, 7) is 8.73. The maximum absolute atomic E-state index is 12.3. The van der Waals surface area contributed by atoms with E-state index in [9.17, 15) is 9.59 Å². The predicted molar refractivity (Wildman–Crippen MR) is 87.0 cm³/mol. The predicted octanol–water partition coefficient (Wildman–Crippen LogP) is -1.24. The fraction of sp³-hybridized carbons (Fsp3) is 0.538. The van der Waals surface area contributed by atoms with Crippen LogP contribution in [0.2, 0.25) is 0 Å². The number of thioether (sulfide) groups is 1. The van der Waals surface area contributed by atoms with Crippen LogP contribution in [0.15, 0.2) is 9.95 Å². The minimum atomic E-state index is -0.465. The third kappa shape index (κ3) is 4.82. The topological polar surface area (TPSA) is 104 Å². The van der Waals surface area contributed by atoms with Crippen molar-refractivity contribution in [2.24, 2.45) is 16.9 Å². The molecule has 0 aliphatic heterocycles. The Kier molecular flexibility index (Phi) is 5.92. The van der Waals surface area contributed by atoms with Crippen molar-refractivity contribution < 1.29 is 4.79 Å². The zero-order chi connectivity index (χ0) is 16.2. The molecule has 0 aliphatic carbocycles. The number of primary amides is 1. The van der Waals surface area contributed by atoms with Crippen LogP contribution in [0.25, 0.3) is 6.58 Å². The van der Waals surface area contributed by atoms with Crippen molar-refractivity contribution in [3.8, 4) is 0 Å². The quantitative estimate of drug-likeness (QED) is 0.372. The normalized spacial score (nSPS) is 11.5. The summed E-state index contributed by atoms with van der Waals surface area (Å²) < 4.78 is 1.52. The Morgan fingerprint density at radius 1 is 1.52 bits per heavy atom. The van der Waals surface area contributed by atoms with Crippen molar-refractivity contribution in [2.75, 3.05) is 12.3 Å². The molecule has 1 aromatic rings. The maximum atomic E-state index is 12.3. The molecule has 6 nitrogen and oxygen atoms in total. The molecule has 1 rings (SSSR count). The molecule has 0 spiro atoms. The standard InChI is InChI=1S/C13H21BN4O2S/c1-8-10(14)17-12(21-6-9(16)19)18(11(8)20)5-4-13(2,3)7-15/h14H,1,4-7,15H2,2-3H3,(H2,16,19). The van der Waals surface area contributed by atoms with Crippen LogP contribution in [0.4, 0.5) is 0 Å². The number of hydrogen-bond donors (Lipinski definition) is 2. The molecule has 21 heavy (non-hydrogen) atoms. The third-order valence-corrected chi connectivity index (χ3v) is 4.22. The van der Waals surface area contributed by atoms with Gasteiger partial charge in [-0.25, -0.2) is 0 Å². The molecule has 1 aromatic heterocycles. The Morgan fingerprint density at radius 2 is 2.14 bits per heavy atom. The molecule has 1 amide bonds. The van der Waals surface area contributed by atoms with Crippen molar-refractivity contribution in [3.05, 3.63) is 20.8 Å². The first-order valence-corrected chi connectivity index (χ1v) is 7.56.